The molecule has 2 aromatic heterocycles. The highest BCUT2D eigenvalue weighted by molar-refractivity contribution is 5.98. The van der Waals surface area contributed by atoms with E-state index in [0.29, 0.717) is 5.69 Å². The number of rotatable bonds is 6. The number of hydrogen-bond acceptors (Lipinski definition) is 7. The summed E-state index contributed by atoms with van der Waals surface area (Å²) in [6.07, 6.45) is 5.91. The number of esters is 2. The fourth-order valence-corrected chi connectivity index (χ4v) is 1.81. The number of nitrogens with zero attached hydrogens (tertiary/aromatic N) is 2. The van der Waals surface area contributed by atoms with Crippen molar-refractivity contribution in [1.82, 2.24) is 20.3 Å². The van der Waals surface area contributed by atoms with Gasteiger partial charge < -0.3 is 20.8 Å². The fraction of sp³-hybridized carbons (Fsp3) is 0.267. The molecule has 2 atom stereocenters. The molecule has 4 N–H and O–H groups in total. The highest BCUT2D eigenvalue weighted by Crippen LogP contribution is 2.04. The summed E-state index contributed by atoms with van der Waals surface area (Å²) >= 11 is 0. The molecule has 2 heterocycles. The van der Waals surface area contributed by atoms with Crippen molar-refractivity contribution in [3.8, 4) is 0 Å². The lowest BCUT2D eigenvalue weighted by atomic mass is 10.1. The molecular formula is C15H17N5O4. The van der Waals surface area contributed by atoms with E-state index in [4.69, 9.17) is 10.5 Å². The number of carbonyl (C=O) groups is 3. The molecule has 0 radical (unpaired) electrons. The molecule has 2 aromatic rings. The van der Waals surface area contributed by atoms with Crippen LogP contribution >= 0.6 is 0 Å². The summed E-state index contributed by atoms with van der Waals surface area (Å²) in [5.74, 6) is -2.29. The summed E-state index contributed by atoms with van der Waals surface area (Å²) in [5.41, 5.74) is 6.24. The first-order valence-corrected chi connectivity index (χ1v) is 7.16. The number of pyridine rings is 1. The van der Waals surface area contributed by atoms with Gasteiger partial charge in [-0.15, -0.1) is 0 Å². The number of amides is 1. The van der Waals surface area contributed by atoms with Crippen LogP contribution in [-0.4, -0.2) is 44.9 Å². The summed E-state index contributed by atoms with van der Waals surface area (Å²) < 4.78 is 4.69. The van der Waals surface area contributed by atoms with Gasteiger partial charge in [-0.1, -0.05) is 0 Å². The topological polar surface area (TPSA) is 140 Å². The van der Waals surface area contributed by atoms with Crippen LogP contribution in [0.3, 0.4) is 0 Å². The molecule has 0 spiro atoms. The summed E-state index contributed by atoms with van der Waals surface area (Å²) in [4.78, 5) is 46.4. The second-order valence-corrected chi connectivity index (χ2v) is 5.08. The molecule has 9 heteroatoms. The maximum atomic E-state index is 12.2. The lowest BCUT2D eigenvalue weighted by molar-refractivity contribution is -0.161. The highest BCUT2D eigenvalue weighted by Gasteiger charge is 2.27. The van der Waals surface area contributed by atoms with Crippen molar-refractivity contribution in [2.24, 2.45) is 5.73 Å². The Morgan fingerprint density at radius 3 is 2.67 bits per heavy atom. The lowest BCUT2D eigenvalue weighted by Gasteiger charge is -2.17. The molecule has 0 aliphatic heterocycles. The zero-order valence-corrected chi connectivity index (χ0v) is 12.9. The first-order valence-electron chi connectivity index (χ1n) is 7.16. The van der Waals surface area contributed by atoms with E-state index < -0.39 is 29.9 Å². The normalized spacial score (nSPS) is 12.9. The van der Waals surface area contributed by atoms with Gasteiger partial charge in [0.15, 0.2) is 0 Å². The first kappa shape index (κ1) is 17.3. The Balaban J connectivity index is 2.11. The van der Waals surface area contributed by atoms with Gasteiger partial charge in [0.2, 0.25) is 0 Å². The maximum Gasteiger partial charge on any atom is 0.336 e. The van der Waals surface area contributed by atoms with E-state index in [1.165, 1.54) is 31.8 Å². The molecule has 0 aromatic carbocycles. The third-order valence-corrected chi connectivity index (χ3v) is 3.07. The average molecular weight is 331 g/mol. The van der Waals surface area contributed by atoms with Crippen molar-refractivity contribution in [3.63, 3.8) is 0 Å². The Morgan fingerprint density at radius 1 is 1.29 bits per heavy atom. The molecule has 2 rings (SSSR count). The monoisotopic (exact) mass is 331 g/mol. The number of ether oxygens (including phenoxy) is 1. The van der Waals surface area contributed by atoms with E-state index in [2.05, 4.69) is 20.3 Å². The average Bonchev–Trinajstić information content (AvgIpc) is 3.07. The molecule has 0 aliphatic carbocycles. The Morgan fingerprint density at radius 2 is 2.08 bits per heavy atom. The number of imidazole rings is 1. The van der Waals surface area contributed by atoms with Gasteiger partial charge in [-0.3, -0.25) is 9.78 Å². The summed E-state index contributed by atoms with van der Waals surface area (Å²) in [5, 5.41) is 2.52. The van der Waals surface area contributed by atoms with E-state index in [1.54, 1.807) is 12.1 Å². The quantitative estimate of drug-likeness (QED) is 0.481. The van der Waals surface area contributed by atoms with E-state index in [1.807, 2.05) is 0 Å². The van der Waals surface area contributed by atoms with E-state index in [-0.39, 0.29) is 12.0 Å². The van der Waals surface area contributed by atoms with Crippen molar-refractivity contribution < 1.29 is 19.1 Å². The number of hydrogen-bond donors (Lipinski definition) is 3. The number of aromatic amines is 1. The molecule has 0 fully saturated rings. The summed E-state index contributed by atoms with van der Waals surface area (Å²) in [6.45, 7) is 1.40. The second-order valence-electron chi connectivity index (χ2n) is 5.08. The molecule has 0 aliphatic rings. The molecule has 0 saturated heterocycles. The molecule has 0 saturated carbocycles. The molecule has 1 amide bonds. The van der Waals surface area contributed by atoms with Crippen LogP contribution in [-0.2, 0) is 20.7 Å². The van der Waals surface area contributed by atoms with Gasteiger partial charge in [0.1, 0.15) is 12.1 Å². The number of nitrogens with one attached hydrogen (secondary N) is 2. The van der Waals surface area contributed by atoms with Crippen LogP contribution in [0.2, 0.25) is 0 Å². The van der Waals surface area contributed by atoms with Crippen LogP contribution in [0.25, 0.3) is 0 Å². The third kappa shape index (κ3) is 4.71. The van der Waals surface area contributed by atoms with Crippen LogP contribution < -0.4 is 11.1 Å². The van der Waals surface area contributed by atoms with Crippen molar-refractivity contribution >= 4 is 17.8 Å². The Hall–Kier alpha value is -3.07. The minimum Gasteiger partial charge on any atom is -0.390 e. The van der Waals surface area contributed by atoms with Gasteiger partial charge in [-0.2, -0.15) is 0 Å². The van der Waals surface area contributed by atoms with Crippen LogP contribution in [0.4, 0.5) is 0 Å². The Labute approximate surface area is 137 Å². The predicted octanol–water partition coefficient (Wildman–Crippen LogP) is -0.437. The summed E-state index contributed by atoms with van der Waals surface area (Å²) in [7, 11) is 0. The van der Waals surface area contributed by atoms with E-state index >= 15 is 0 Å². The summed E-state index contributed by atoms with van der Waals surface area (Å²) in [6, 6.07) is 1.11. The molecule has 126 valence electrons. The zero-order chi connectivity index (χ0) is 17.5. The van der Waals surface area contributed by atoms with Crippen LogP contribution in [0.1, 0.15) is 23.0 Å². The van der Waals surface area contributed by atoms with Gasteiger partial charge in [0.05, 0.1) is 11.9 Å². The van der Waals surface area contributed by atoms with Gasteiger partial charge in [0.25, 0.3) is 5.91 Å². The molecule has 0 bridgehead atoms. The van der Waals surface area contributed by atoms with Gasteiger partial charge in [-0.05, 0) is 19.1 Å². The molecule has 24 heavy (non-hydrogen) atoms. The highest BCUT2D eigenvalue weighted by atomic mass is 16.6. The maximum absolute atomic E-state index is 12.2. The number of carbonyl (C=O) groups excluding carboxylic acids is 3. The minimum absolute atomic E-state index is 0.0804. The Kier molecular flexibility index (Phi) is 5.74. The number of H-pyrrole nitrogens is 1. The molecule has 9 nitrogen and oxygen atoms in total. The standard InChI is InChI=1S/C15H17N5O4/c1-9(16)14(22)24-15(23)12(5-11-7-18-8-19-11)20-13(21)10-3-2-4-17-6-10/h2-4,6-9,12H,5,16H2,1H3,(H,18,19)(H,20,21)/t9-,12-/m0/s1. The molecular weight excluding hydrogens is 314 g/mol. The predicted molar refractivity (Wildman–Crippen MR) is 82.5 cm³/mol. The van der Waals surface area contributed by atoms with Gasteiger partial charge in [0, 0.05) is 30.7 Å². The van der Waals surface area contributed by atoms with E-state index in [0.717, 1.165) is 0 Å². The SMILES string of the molecule is C[C@H](N)C(=O)OC(=O)[C@H](Cc1cnc[nH]1)NC(=O)c1cccnc1. The van der Waals surface area contributed by atoms with Gasteiger partial charge >= 0.3 is 11.9 Å². The van der Waals surface area contributed by atoms with Crippen LogP contribution in [0.15, 0.2) is 37.1 Å². The fourth-order valence-electron chi connectivity index (χ4n) is 1.81. The smallest absolute Gasteiger partial charge is 0.336 e. The third-order valence-electron chi connectivity index (χ3n) is 3.07. The van der Waals surface area contributed by atoms with Crippen molar-refractivity contribution in [1.29, 1.82) is 0 Å². The lowest BCUT2D eigenvalue weighted by Crippen LogP contribution is -2.45. The largest absolute Gasteiger partial charge is 0.390 e. The number of aromatic nitrogens is 3. The van der Waals surface area contributed by atoms with Gasteiger partial charge in [-0.25, -0.2) is 14.6 Å². The van der Waals surface area contributed by atoms with Crippen LogP contribution in [0, 0.1) is 0 Å². The minimum atomic E-state index is -1.08. The molecule has 0 unspecified atom stereocenters. The Bertz CT molecular complexity index is 700. The second kappa shape index (κ2) is 7.97. The van der Waals surface area contributed by atoms with Crippen molar-refractivity contribution in [2.75, 3.05) is 0 Å². The van der Waals surface area contributed by atoms with Crippen molar-refractivity contribution in [2.45, 2.75) is 25.4 Å². The first-order chi connectivity index (χ1) is 11.5. The van der Waals surface area contributed by atoms with Crippen LogP contribution in [0.5, 0.6) is 0 Å². The van der Waals surface area contributed by atoms with Crippen molar-refractivity contribution in [3.05, 3.63) is 48.3 Å². The van der Waals surface area contributed by atoms with E-state index in [9.17, 15) is 14.4 Å². The number of nitrogens with two attached hydrogens (primary N) is 1. The zero-order valence-electron chi connectivity index (χ0n) is 12.9.